The van der Waals surface area contributed by atoms with Crippen LogP contribution in [-0.4, -0.2) is 27.9 Å². The van der Waals surface area contributed by atoms with Crippen molar-refractivity contribution in [3.05, 3.63) is 24.0 Å². The Morgan fingerprint density at radius 3 is 2.83 bits per heavy atom. The van der Waals surface area contributed by atoms with Crippen LogP contribution in [0.2, 0.25) is 0 Å². The Labute approximate surface area is 104 Å². The molecule has 0 bridgehead atoms. The average Bonchev–Trinajstić information content (AvgIpc) is 3.22. The molecule has 0 aromatic carbocycles. The summed E-state index contributed by atoms with van der Waals surface area (Å²) < 4.78 is 5.39. The van der Waals surface area contributed by atoms with Gasteiger partial charge in [-0.1, -0.05) is 5.16 Å². The zero-order chi connectivity index (χ0) is 13.1. The molecule has 0 aliphatic heterocycles. The van der Waals surface area contributed by atoms with E-state index in [0.29, 0.717) is 11.4 Å². The molecule has 0 radical (unpaired) electrons. The Balaban J connectivity index is 2.01. The second-order valence-electron chi connectivity index (χ2n) is 4.30. The third kappa shape index (κ3) is 2.77. The molecule has 0 saturated heterocycles. The van der Waals surface area contributed by atoms with E-state index in [-0.39, 0.29) is 17.5 Å². The highest BCUT2D eigenvalue weighted by Crippen LogP contribution is 2.32. The molecule has 1 aromatic rings. The van der Waals surface area contributed by atoms with Crippen molar-refractivity contribution >= 4 is 11.6 Å². The lowest BCUT2D eigenvalue weighted by Gasteiger charge is -2.12. The Morgan fingerprint density at radius 1 is 1.61 bits per heavy atom. The number of carbonyl (C=O) groups is 1. The highest BCUT2D eigenvalue weighted by Gasteiger charge is 2.31. The number of Topliss-reactive ketones (excluding diaryl/α,β-unsaturated/α-hetero) is 1. The van der Waals surface area contributed by atoms with E-state index < -0.39 is 6.10 Å². The van der Waals surface area contributed by atoms with E-state index in [1.165, 1.54) is 6.20 Å². The van der Waals surface area contributed by atoms with Crippen LogP contribution in [0.4, 0.5) is 0 Å². The van der Waals surface area contributed by atoms with Crippen LogP contribution in [-0.2, 0) is 0 Å². The predicted molar refractivity (Wildman–Crippen MR) is 64.8 cm³/mol. The van der Waals surface area contributed by atoms with Crippen molar-refractivity contribution in [2.75, 3.05) is 0 Å². The van der Waals surface area contributed by atoms with Crippen LogP contribution in [0, 0.1) is 5.92 Å². The molecule has 1 unspecified atom stereocenters. The van der Waals surface area contributed by atoms with Crippen molar-refractivity contribution in [1.82, 2.24) is 4.98 Å². The van der Waals surface area contributed by atoms with Crippen molar-refractivity contribution in [2.45, 2.75) is 25.9 Å². The summed E-state index contributed by atoms with van der Waals surface area (Å²) in [5.41, 5.74) is 5.85. The maximum atomic E-state index is 11.7. The monoisotopic (exact) mass is 249 g/mol. The van der Waals surface area contributed by atoms with Gasteiger partial charge in [-0.3, -0.25) is 4.79 Å². The Bertz CT molecular complexity index is 466. The lowest BCUT2D eigenvalue weighted by molar-refractivity contribution is 0.0962. The molecule has 1 heterocycles. The summed E-state index contributed by atoms with van der Waals surface area (Å²) in [6.07, 6.45) is 2.83. The Hall–Kier alpha value is -2.11. The number of nitrogens with two attached hydrogens (primary N) is 1. The van der Waals surface area contributed by atoms with Gasteiger partial charge in [-0.2, -0.15) is 0 Å². The van der Waals surface area contributed by atoms with Gasteiger partial charge in [-0.25, -0.2) is 4.98 Å². The zero-order valence-corrected chi connectivity index (χ0v) is 10.0. The fourth-order valence-electron chi connectivity index (χ4n) is 1.50. The molecule has 6 nitrogen and oxygen atoms in total. The van der Waals surface area contributed by atoms with Crippen LogP contribution >= 0.6 is 0 Å². The number of ketones is 1. The first-order valence-corrected chi connectivity index (χ1v) is 5.76. The van der Waals surface area contributed by atoms with E-state index in [0.717, 1.165) is 12.8 Å². The highest BCUT2D eigenvalue weighted by atomic mass is 16.5. The number of carbonyl (C=O) groups excluding carboxylic acids is 1. The smallest absolute Gasteiger partial charge is 0.184 e. The first kappa shape index (κ1) is 12.3. The fraction of sp³-hybridized carbons (Fsp3) is 0.417. The van der Waals surface area contributed by atoms with Crippen LogP contribution in [0.5, 0.6) is 5.75 Å². The minimum Gasteiger partial charge on any atom is -0.481 e. The van der Waals surface area contributed by atoms with Gasteiger partial charge in [-0.05, 0) is 31.9 Å². The number of amidine groups is 1. The van der Waals surface area contributed by atoms with Crippen molar-refractivity contribution in [2.24, 2.45) is 16.8 Å². The number of oxime groups is 1. The molecular formula is C12H15N3O3. The molecule has 96 valence electrons. The second-order valence-corrected chi connectivity index (χ2v) is 4.30. The molecule has 1 aromatic heterocycles. The van der Waals surface area contributed by atoms with E-state index in [2.05, 4.69) is 10.1 Å². The van der Waals surface area contributed by atoms with Crippen LogP contribution in [0.15, 0.2) is 23.5 Å². The first-order valence-electron chi connectivity index (χ1n) is 5.76. The van der Waals surface area contributed by atoms with E-state index in [1.807, 2.05) is 0 Å². The van der Waals surface area contributed by atoms with Gasteiger partial charge in [0.25, 0.3) is 0 Å². The van der Waals surface area contributed by atoms with Crippen LogP contribution in [0.1, 0.15) is 30.3 Å². The average molecular weight is 249 g/mol. The first-order chi connectivity index (χ1) is 8.61. The van der Waals surface area contributed by atoms with Crippen LogP contribution in [0.3, 0.4) is 0 Å². The topological polar surface area (TPSA) is 97.8 Å². The minimum absolute atomic E-state index is 0.0202. The van der Waals surface area contributed by atoms with Crippen molar-refractivity contribution in [1.29, 1.82) is 0 Å². The minimum atomic E-state index is -0.554. The summed E-state index contributed by atoms with van der Waals surface area (Å²) in [5.74, 6) is 0.695. The molecule has 1 aliphatic carbocycles. The van der Waals surface area contributed by atoms with E-state index in [4.69, 9.17) is 15.7 Å². The molecular weight excluding hydrogens is 234 g/mol. The molecule has 1 atom stereocenters. The molecule has 2 rings (SSSR count). The normalized spacial score (nSPS) is 17.3. The number of aromatic nitrogens is 1. The summed E-state index contributed by atoms with van der Waals surface area (Å²) in [6.45, 7) is 1.65. The van der Waals surface area contributed by atoms with Gasteiger partial charge in [0.1, 0.15) is 11.4 Å². The van der Waals surface area contributed by atoms with Gasteiger partial charge in [0.2, 0.25) is 0 Å². The molecule has 0 spiro atoms. The third-order valence-electron chi connectivity index (χ3n) is 2.78. The largest absolute Gasteiger partial charge is 0.481 e. The van der Waals surface area contributed by atoms with Gasteiger partial charge in [-0.15, -0.1) is 0 Å². The number of nitrogens with zero attached hydrogens (tertiary/aromatic N) is 2. The summed E-state index contributed by atoms with van der Waals surface area (Å²) in [4.78, 5) is 15.8. The molecule has 6 heteroatoms. The molecule has 18 heavy (non-hydrogen) atoms. The number of rotatable bonds is 5. The Kier molecular flexibility index (Phi) is 3.45. The van der Waals surface area contributed by atoms with Gasteiger partial charge in [0.05, 0.1) is 6.20 Å². The fourth-order valence-corrected chi connectivity index (χ4v) is 1.50. The number of ether oxygens (including phenoxy) is 1. The summed E-state index contributed by atoms with van der Waals surface area (Å²) >= 11 is 0. The quantitative estimate of drug-likeness (QED) is 0.268. The van der Waals surface area contributed by atoms with Gasteiger partial charge in [0.15, 0.2) is 17.7 Å². The number of hydrogen-bond acceptors (Lipinski definition) is 5. The van der Waals surface area contributed by atoms with Gasteiger partial charge in [0, 0.05) is 5.92 Å². The predicted octanol–water partition coefficient (Wildman–Crippen LogP) is 1.19. The zero-order valence-electron chi connectivity index (χ0n) is 10.0. The number of pyridine rings is 1. The van der Waals surface area contributed by atoms with E-state index in [9.17, 15) is 4.79 Å². The summed E-state index contributed by atoms with van der Waals surface area (Å²) in [7, 11) is 0. The summed E-state index contributed by atoms with van der Waals surface area (Å²) in [5, 5.41) is 11.3. The van der Waals surface area contributed by atoms with Crippen LogP contribution < -0.4 is 10.5 Å². The standard InChI is InChI=1S/C12H15N3O3/c1-7(12(13)15-17)18-9-4-5-10(14-6-9)11(16)8-2-3-8/h4-8,17H,2-3H2,1H3,(H2,13,15). The number of hydrogen-bond donors (Lipinski definition) is 2. The highest BCUT2D eigenvalue weighted by molar-refractivity contribution is 5.97. The summed E-state index contributed by atoms with van der Waals surface area (Å²) in [6, 6.07) is 3.29. The molecule has 1 aliphatic rings. The lowest BCUT2D eigenvalue weighted by Crippen LogP contribution is -2.31. The third-order valence-corrected chi connectivity index (χ3v) is 2.78. The molecule has 0 amide bonds. The van der Waals surface area contributed by atoms with Gasteiger partial charge < -0.3 is 15.7 Å². The SMILES string of the molecule is CC(Oc1ccc(C(=O)C2CC2)nc1)/C(N)=N/O. The van der Waals surface area contributed by atoms with Gasteiger partial charge >= 0.3 is 0 Å². The molecule has 3 N–H and O–H groups in total. The lowest BCUT2D eigenvalue weighted by atomic mass is 10.2. The maximum absolute atomic E-state index is 11.7. The van der Waals surface area contributed by atoms with Crippen molar-refractivity contribution in [3.8, 4) is 5.75 Å². The molecule has 1 saturated carbocycles. The van der Waals surface area contributed by atoms with Crippen molar-refractivity contribution < 1.29 is 14.7 Å². The van der Waals surface area contributed by atoms with Crippen LogP contribution in [0.25, 0.3) is 0 Å². The van der Waals surface area contributed by atoms with Crippen molar-refractivity contribution in [3.63, 3.8) is 0 Å². The second kappa shape index (κ2) is 5.03. The van der Waals surface area contributed by atoms with E-state index in [1.54, 1.807) is 19.1 Å². The maximum Gasteiger partial charge on any atom is 0.184 e. The molecule has 1 fully saturated rings. The Morgan fingerprint density at radius 2 is 2.33 bits per heavy atom. The van der Waals surface area contributed by atoms with E-state index >= 15 is 0 Å².